The Balaban J connectivity index is 1.99. The predicted molar refractivity (Wildman–Crippen MR) is 118 cm³/mol. The number of hydrogen-bond acceptors (Lipinski definition) is 7. The van der Waals surface area contributed by atoms with Gasteiger partial charge < -0.3 is 9.47 Å². The highest BCUT2D eigenvalue weighted by Gasteiger charge is 2.22. The maximum Gasteiger partial charge on any atom is 0.343 e. The molecule has 0 heterocycles. The lowest BCUT2D eigenvalue weighted by Crippen LogP contribution is -2.39. The van der Waals surface area contributed by atoms with Crippen molar-refractivity contribution in [2.24, 2.45) is 5.10 Å². The molecule has 0 aliphatic rings. The fraction of sp³-hybridized carbons (Fsp3) is 0.286. The Morgan fingerprint density at radius 2 is 1.81 bits per heavy atom. The van der Waals surface area contributed by atoms with Crippen molar-refractivity contribution in [1.29, 1.82) is 0 Å². The number of carbonyl (C=O) groups is 2. The minimum Gasteiger partial charge on any atom is -0.482 e. The Bertz CT molecular complexity index is 1040. The van der Waals surface area contributed by atoms with Gasteiger partial charge in [-0.3, -0.25) is 9.10 Å². The lowest BCUT2D eigenvalue weighted by Gasteiger charge is -2.23. The number of benzene rings is 2. The maximum absolute atomic E-state index is 12.3. The molecule has 0 spiro atoms. The maximum atomic E-state index is 12.3. The molecule has 166 valence electrons. The van der Waals surface area contributed by atoms with E-state index in [1.54, 1.807) is 36.4 Å². The average Bonchev–Trinajstić information content (AvgIpc) is 2.76. The zero-order valence-electron chi connectivity index (χ0n) is 17.6. The molecule has 0 aromatic heterocycles. The largest absolute Gasteiger partial charge is 0.482 e. The molecular weight excluding hydrogens is 422 g/mol. The number of methoxy groups -OCH3 is 1. The number of anilines is 1. The first-order chi connectivity index (χ1) is 14.7. The van der Waals surface area contributed by atoms with Gasteiger partial charge in [-0.2, -0.15) is 5.10 Å². The number of sulfonamides is 1. The van der Waals surface area contributed by atoms with Gasteiger partial charge in [-0.15, -0.1) is 0 Å². The van der Waals surface area contributed by atoms with Gasteiger partial charge in [-0.1, -0.05) is 25.1 Å². The van der Waals surface area contributed by atoms with Crippen molar-refractivity contribution in [3.8, 4) is 5.75 Å². The number of hydrogen-bond donors (Lipinski definition) is 1. The summed E-state index contributed by atoms with van der Waals surface area (Å²) in [7, 11) is -2.39. The van der Waals surface area contributed by atoms with Crippen LogP contribution in [0.5, 0.6) is 5.75 Å². The quantitative estimate of drug-likeness (QED) is 0.337. The number of rotatable bonds is 10. The number of amides is 1. The molecule has 0 saturated carbocycles. The molecule has 2 rings (SSSR count). The minimum absolute atomic E-state index is 0.196. The van der Waals surface area contributed by atoms with Gasteiger partial charge >= 0.3 is 5.97 Å². The van der Waals surface area contributed by atoms with Gasteiger partial charge in [0.25, 0.3) is 5.91 Å². The first-order valence-electron chi connectivity index (χ1n) is 9.41. The third kappa shape index (κ3) is 7.41. The SMILES string of the molecule is CCc1ccccc1N(CC(=O)N/N=C\c1ccc(OCC(=O)OC)cc1)S(C)(=O)=O. The van der Waals surface area contributed by atoms with Gasteiger partial charge in [0.1, 0.15) is 12.3 Å². The van der Waals surface area contributed by atoms with Crippen LogP contribution in [0.3, 0.4) is 0 Å². The Kier molecular flexibility index (Phi) is 8.56. The van der Waals surface area contributed by atoms with Crippen LogP contribution in [-0.4, -0.2) is 53.0 Å². The van der Waals surface area contributed by atoms with Gasteiger partial charge in [0.15, 0.2) is 6.61 Å². The lowest BCUT2D eigenvalue weighted by atomic mass is 10.1. The standard InChI is InChI=1S/C21H25N3O6S/c1-4-17-7-5-6-8-19(17)24(31(3,27)28)14-20(25)23-22-13-16-9-11-18(12-10-16)30-15-21(26)29-2/h5-13H,4,14-15H2,1-3H3,(H,23,25)/b22-13-. The summed E-state index contributed by atoms with van der Waals surface area (Å²) >= 11 is 0. The normalized spacial score (nSPS) is 11.2. The Hall–Kier alpha value is -3.40. The van der Waals surface area contributed by atoms with Crippen molar-refractivity contribution in [1.82, 2.24) is 5.43 Å². The summed E-state index contributed by atoms with van der Waals surface area (Å²) in [5.41, 5.74) is 4.29. The summed E-state index contributed by atoms with van der Waals surface area (Å²) in [5, 5.41) is 3.87. The highest BCUT2D eigenvalue weighted by molar-refractivity contribution is 7.92. The van der Waals surface area contributed by atoms with Crippen LogP contribution in [0.4, 0.5) is 5.69 Å². The van der Waals surface area contributed by atoms with Gasteiger partial charge in [0, 0.05) is 0 Å². The summed E-state index contributed by atoms with van der Waals surface area (Å²) in [4.78, 5) is 23.4. The number of aryl methyl sites for hydroxylation is 1. The van der Waals surface area contributed by atoms with Crippen LogP contribution in [0.1, 0.15) is 18.1 Å². The van der Waals surface area contributed by atoms with Crippen LogP contribution in [-0.2, 0) is 30.8 Å². The summed E-state index contributed by atoms with van der Waals surface area (Å²) in [6.07, 6.45) is 3.09. The van der Waals surface area contributed by atoms with E-state index in [1.807, 2.05) is 19.1 Å². The average molecular weight is 448 g/mol. The van der Waals surface area contributed by atoms with E-state index < -0.39 is 28.4 Å². The fourth-order valence-electron chi connectivity index (χ4n) is 2.63. The summed E-state index contributed by atoms with van der Waals surface area (Å²) in [6, 6.07) is 13.7. The van der Waals surface area contributed by atoms with E-state index in [0.29, 0.717) is 23.4 Å². The molecule has 0 unspecified atom stereocenters. The molecule has 0 aliphatic carbocycles. The topological polar surface area (TPSA) is 114 Å². The third-order valence-corrected chi connectivity index (χ3v) is 5.32. The van der Waals surface area contributed by atoms with E-state index >= 15 is 0 Å². The number of nitrogens with one attached hydrogen (secondary N) is 1. The molecule has 10 heteroatoms. The van der Waals surface area contributed by atoms with Crippen LogP contribution in [0.2, 0.25) is 0 Å². The van der Waals surface area contributed by atoms with Gasteiger partial charge in [0.2, 0.25) is 10.0 Å². The van der Waals surface area contributed by atoms with Crippen molar-refractivity contribution in [3.05, 3.63) is 59.7 Å². The summed E-state index contributed by atoms with van der Waals surface area (Å²) in [5.74, 6) is -0.589. The zero-order valence-corrected chi connectivity index (χ0v) is 18.4. The number of ether oxygens (including phenoxy) is 2. The molecule has 0 atom stereocenters. The van der Waals surface area contributed by atoms with Crippen LogP contribution in [0.25, 0.3) is 0 Å². The highest BCUT2D eigenvalue weighted by atomic mass is 32.2. The lowest BCUT2D eigenvalue weighted by molar-refractivity contribution is -0.142. The molecule has 9 nitrogen and oxygen atoms in total. The first-order valence-corrected chi connectivity index (χ1v) is 11.3. The molecule has 0 fully saturated rings. The molecule has 0 aliphatic heterocycles. The van der Waals surface area contributed by atoms with Crippen molar-refractivity contribution < 1.29 is 27.5 Å². The van der Waals surface area contributed by atoms with Crippen LogP contribution < -0.4 is 14.5 Å². The molecule has 31 heavy (non-hydrogen) atoms. The second-order valence-corrected chi connectivity index (χ2v) is 8.39. The Morgan fingerprint density at radius 1 is 1.13 bits per heavy atom. The molecule has 2 aromatic carbocycles. The number of hydrazone groups is 1. The van der Waals surface area contributed by atoms with Gasteiger partial charge in [0.05, 0.1) is 25.3 Å². The van der Waals surface area contributed by atoms with Crippen molar-refractivity contribution >= 4 is 33.8 Å². The Morgan fingerprint density at radius 3 is 2.42 bits per heavy atom. The van der Waals surface area contributed by atoms with Crippen molar-refractivity contribution in [2.45, 2.75) is 13.3 Å². The summed E-state index contributed by atoms with van der Waals surface area (Å²) < 4.78 is 35.3. The molecule has 0 radical (unpaired) electrons. The first kappa shape index (κ1) is 23.9. The van der Waals surface area contributed by atoms with E-state index in [2.05, 4.69) is 15.3 Å². The third-order valence-electron chi connectivity index (χ3n) is 4.20. The van der Waals surface area contributed by atoms with Crippen molar-refractivity contribution in [3.63, 3.8) is 0 Å². The monoisotopic (exact) mass is 447 g/mol. The van der Waals surface area contributed by atoms with E-state index in [1.165, 1.54) is 13.3 Å². The van der Waals surface area contributed by atoms with E-state index in [0.717, 1.165) is 16.1 Å². The van der Waals surface area contributed by atoms with Crippen molar-refractivity contribution in [2.75, 3.05) is 30.8 Å². The van der Waals surface area contributed by atoms with Gasteiger partial charge in [-0.25, -0.2) is 18.6 Å². The highest BCUT2D eigenvalue weighted by Crippen LogP contribution is 2.23. The minimum atomic E-state index is -3.67. The number of para-hydroxylation sites is 1. The smallest absolute Gasteiger partial charge is 0.343 e. The van der Waals surface area contributed by atoms with Crippen LogP contribution in [0.15, 0.2) is 53.6 Å². The zero-order chi connectivity index (χ0) is 22.9. The van der Waals surface area contributed by atoms with Crippen LogP contribution >= 0.6 is 0 Å². The molecule has 1 N–H and O–H groups in total. The predicted octanol–water partition coefficient (Wildman–Crippen LogP) is 1.72. The summed E-state index contributed by atoms with van der Waals surface area (Å²) in [6.45, 7) is 1.32. The number of carbonyl (C=O) groups excluding carboxylic acids is 2. The molecule has 1 amide bonds. The van der Waals surface area contributed by atoms with E-state index in [9.17, 15) is 18.0 Å². The second kappa shape index (κ2) is 11.1. The van der Waals surface area contributed by atoms with Crippen LogP contribution in [0, 0.1) is 0 Å². The number of esters is 1. The van der Waals surface area contributed by atoms with Gasteiger partial charge in [-0.05, 0) is 47.9 Å². The Labute approximate surface area is 181 Å². The molecule has 0 bridgehead atoms. The number of nitrogens with zero attached hydrogens (tertiary/aromatic N) is 2. The molecule has 2 aromatic rings. The molecular formula is C21H25N3O6S. The van der Waals surface area contributed by atoms with E-state index in [-0.39, 0.29) is 6.61 Å². The molecule has 0 saturated heterocycles. The second-order valence-electron chi connectivity index (χ2n) is 6.48. The van der Waals surface area contributed by atoms with E-state index in [4.69, 9.17) is 4.74 Å². The fourth-order valence-corrected chi connectivity index (χ4v) is 3.52.